The molecule has 7 nitrogen and oxygen atoms in total. The standard InChI is InChI=1S/C23H23ClN6O/c1-16(2)22-20(15-27-30(22)19-5-3-18(24)4-6-19)23(31)29-11-9-28(10-12-29)21-13-17(14-25)7-8-26-21/h3-8,13,15-16H,9-12H2,1-2H3. The Bertz CT molecular complexity index is 1120. The van der Waals surface area contributed by atoms with Gasteiger partial charge in [-0.25, -0.2) is 9.67 Å². The second-order valence-corrected chi connectivity index (χ2v) is 8.22. The van der Waals surface area contributed by atoms with E-state index in [-0.39, 0.29) is 11.8 Å². The van der Waals surface area contributed by atoms with E-state index >= 15 is 0 Å². The summed E-state index contributed by atoms with van der Waals surface area (Å²) in [7, 11) is 0. The number of piperazine rings is 1. The molecule has 1 amide bonds. The van der Waals surface area contributed by atoms with E-state index in [1.54, 1.807) is 24.5 Å². The van der Waals surface area contributed by atoms with Crippen molar-refractivity contribution < 1.29 is 4.79 Å². The van der Waals surface area contributed by atoms with Crippen LogP contribution in [0.4, 0.5) is 5.82 Å². The molecule has 0 unspecified atom stereocenters. The highest BCUT2D eigenvalue weighted by Crippen LogP contribution is 2.26. The molecule has 0 spiro atoms. The van der Waals surface area contributed by atoms with Gasteiger partial charge in [-0.1, -0.05) is 25.4 Å². The van der Waals surface area contributed by atoms with Crippen LogP contribution in [0.1, 0.15) is 41.4 Å². The Morgan fingerprint density at radius 2 is 1.84 bits per heavy atom. The van der Waals surface area contributed by atoms with E-state index in [1.807, 2.05) is 33.8 Å². The molecule has 31 heavy (non-hydrogen) atoms. The van der Waals surface area contributed by atoms with Gasteiger partial charge in [-0.05, 0) is 42.3 Å². The minimum atomic E-state index is -0.0118. The van der Waals surface area contributed by atoms with Crippen LogP contribution in [-0.4, -0.2) is 51.8 Å². The lowest BCUT2D eigenvalue weighted by molar-refractivity contribution is 0.0745. The highest BCUT2D eigenvalue weighted by Gasteiger charge is 2.28. The third-order valence-electron chi connectivity index (χ3n) is 5.42. The smallest absolute Gasteiger partial charge is 0.257 e. The van der Waals surface area contributed by atoms with Gasteiger partial charge < -0.3 is 9.80 Å². The molecule has 0 aliphatic carbocycles. The van der Waals surface area contributed by atoms with Crippen molar-refractivity contribution in [3.05, 3.63) is 70.6 Å². The molecule has 0 saturated carbocycles. The molecule has 0 radical (unpaired) electrons. The molecule has 1 aromatic carbocycles. The Morgan fingerprint density at radius 3 is 2.48 bits per heavy atom. The number of nitrogens with zero attached hydrogens (tertiary/aromatic N) is 6. The minimum Gasteiger partial charge on any atom is -0.353 e. The fourth-order valence-electron chi connectivity index (χ4n) is 3.84. The van der Waals surface area contributed by atoms with Crippen molar-refractivity contribution in [3.63, 3.8) is 0 Å². The van der Waals surface area contributed by atoms with E-state index in [4.69, 9.17) is 16.9 Å². The lowest BCUT2D eigenvalue weighted by Gasteiger charge is -2.35. The molecular formula is C23H23ClN6O. The number of benzene rings is 1. The lowest BCUT2D eigenvalue weighted by Crippen LogP contribution is -2.49. The minimum absolute atomic E-state index is 0.0118. The molecule has 3 aromatic rings. The van der Waals surface area contributed by atoms with E-state index in [0.717, 1.165) is 17.2 Å². The summed E-state index contributed by atoms with van der Waals surface area (Å²) in [6.07, 6.45) is 3.31. The Kier molecular flexibility index (Phi) is 5.92. The number of carbonyl (C=O) groups excluding carboxylic acids is 1. The van der Waals surface area contributed by atoms with Crippen LogP contribution in [0.2, 0.25) is 5.02 Å². The van der Waals surface area contributed by atoms with Crippen molar-refractivity contribution in [2.24, 2.45) is 0 Å². The molecule has 4 rings (SSSR count). The number of rotatable bonds is 4. The second-order valence-electron chi connectivity index (χ2n) is 7.78. The second kappa shape index (κ2) is 8.78. The Balaban J connectivity index is 1.53. The summed E-state index contributed by atoms with van der Waals surface area (Å²) in [5.74, 6) is 0.878. The van der Waals surface area contributed by atoms with Crippen LogP contribution in [0.5, 0.6) is 0 Å². The maximum Gasteiger partial charge on any atom is 0.257 e. The number of hydrogen-bond acceptors (Lipinski definition) is 5. The maximum absolute atomic E-state index is 13.3. The van der Waals surface area contributed by atoms with Crippen LogP contribution in [-0.2, 0) is 0 Å². The summed E-state index contributed by atoms with van der Waals surface area (Å²) in [6.45, 7) is 6.62. The van der Waals surface area contributed by atoms with E-state index < -0.39 is 0 Å². The van der Waals surface area contributed by atoms with Crippen LogP contribution in [0.25, 0.3) is 5.69 Å². The van der Waals surface area contributed by atoms with Crippen LogP contribution in [0.15, 0.2) is 48.8 Å². The molecule has 158 valence electrons. The fraction of sp³-hybridized carbons (Fsp3) is 0.304. The molecule has 0 N–H and O–H groups in total. The maximum atomic E-state index is 13.3. The normalized spacial score (nSPS) is 14.0. The van der Waals surface area contributed by atoms with Gasteiger partial charge in [-0.3, -0.25) is 4.79 Å². The number of hydrogen-bond donors (Lipinski definition) is 0. The molecule has 1 aliphatic heterocycles. The van der Waals surface area contributed by atoms with Gasteiger partial charge in [0.15, 0.2) is 0 Å². The van der Waals surface area contributed by atoms with Crippen LogP contribution < -0.4 is 4.90 Å². The first kappa shape index (κ1) is 20.9. The summed E-state index contributed by atoms with van der Waals surface area (Å²) in [5, 5.41) is 14.3. The monoisotopic (exact) mass is 434 g/mol. The van der Waals surface area contributed by atoms with Crippen molar-refractivity contribution in [1.82, 2.24) is 19.7 Å². The number of amides is 1. The number of halogens is 1. The van der Waals surface area contributed by atoms with Gasteiger partial charge in [0.25, 0.3) is 5.91 Å². The van der Waals surface area contributed by atoms with Crippen molar-refractivity contribution in [2.45, 2.75) is 19.8 Å². The van der Waals surface area contributed by atoms with Gasteiger partial charge in [-0.15, -0.1) is 0 Å². The first-order valence-corrected chi connectivity index (χ1v) is 10.6. The van der Waals surface area contributed by atoms with E-state index in [2.05, 4.69) is 34.9 Å². The Labute approximate surface area is 186 Å². The summed E-state index contributed by atoms with van der Waals surface area (Å²) >= 11 is 6.02. The molecular weight excluding hydrogens is 412 g/mol. The Morgan fingerprint density at radius 1 is 1.13 bits per heavy atom. The number of nitriles is 1. The quantitative estimate of drug-likeness (QED) is 0.622. The molecule has 1 aliphatic rings. The van der Waals surface area contributed by atoms with Gasteiger partial charge in [0.2, 0.25) is 0 Å². The summed E-state index contributed by atoms with van der Waals surface area (Å²) < 4.78 is 1.82. The Hall–Kier alpha value is -3.37. The van der Waals surface area contributed by atoms with Crippen LogP contribution in [0.3, 0.4) is 0 Å². The van der Waals surface area contributed by atoms with Crippen molar-refractivity contribution >= 4 is 23.3 Å². The fourth-order valence-corrected chi connectivity index (χ4v) is 3.96. The van der Waals surface area contributed by atoms with Crippen LogP contribution >= 0.6 is 11.6 Å². The third kappa shape index (κ3) is 4.25. The zero-order chi connectivity index (χ0) is 22.0. The predicted molar refractivity (Wildman–Crippen MR) is 120 cm³/mol. The van der Waals surface area contributed by atoms with Gasteiger partial charge in [0, 0.05) is 37.4 Å². The first-order chi connectivity index (χ1) is 15.0. The highest BCUT2D eigenvalue weighted by atomic mass is 35.5. The first-order valence-electron chi connectivity index (χ1n) is 10.2. The molecule has 2 aromatic heterocycles. The average Bonchev–Trinajstić information content (AvgIpc) is 3.25. The molecule has 1 saturated heterocycles. The summed E-state index contributed by atoms with van der Waals surface area (Å²) in [4.78, 5) is 21.7. The van der Waals surface area contributed by atoms with E-state index in [9.17, 15) is 4.79 Å². The predicted octanol–water partition coefficient (Wildman–Crippen LogP) is 3.88. The summed E-state index contributed by atoms with van der Waals surface area (Å²) in [6, 6.07) is 13.0. The van der Waals surface area contributed by atoms with Crippen molar-refractivity contribution in [1.29, 1.82) is 5.26 Å². The van der Waals surface area contributed by atoms with Crippen molar-refractivity contribution in [2.75, 3.05) is 31.1 Å². The molecule has 3 heterocycles. The molecule has 0 bridgehead atoms. The number of anilines is 1. The SMILES string of the molecule is CC(C)c1c(C(=O)N2CCN(c3cc(C#N)ccn3)CC2)cnn1-c1ccc(Cl)cc1. The highest BCUT2D eigenvalue weighted by molar-refractivity contribution is 6.30. The van der Waals surface area contributed by atoms with Gasteiger partial charge in [-0.2, -0.15) is 10.4 Å². The zero-order valence-corrected chi connectivity index (χ0v) is 18.3. The number of aromatic nitrogens is 3. The molecule has 0 atom stereocenters. The lowest BCUT2D eigenvalue weighted by atomic mass is 10.0. The largest absolute Gasteiger partial charge is 0.353 e. The van der Waals surface area contributed by atoms with Gasteiger partial charge >= 0.3 is 0 Å². The number of carbonyl (C=O) groups is 1. The van der Waals surface area contributed by atoms with Gasteiger partial charge in [0.05, 0.1) is 34.8 Å². The number of pyridine rings is 1. The topological polar surface area (TPSA) is 78.1 Å². The van der Waals surface area contributed by atoms with Crippen molar-refractivity contribution in [3.8, 4) is 11.8 Å². The van der Waals surface area contributed by atoms with Crippen LogP contribution in [0, 0.1) is 11.3 Å². The van der Waals surface area contributed by atoms with E-state index in [0.29, 0.717) is 42.3 Å². The molecule has 1 fully saturated rings. The average molecular weight is 435 g/mol. The zero-order valence-electron chi connectivity index (χ0n) is 17.5. The third-order valence-corrected chi connectivity index (χ3v) is 5.67. The summed E-state index contributed by atoms with van der Waals surface area (Å²) in [5.41, 5.74) is 2.97. The van der Waals surface area contributed by atoms with E-state index in [1.165, 1.54) is 0 Å². The van der Waals surface area contributed by atoms with Gasteiger partial charge in [0.1, 0.15) is 5.82 Å². The molecule has 8 heteroatoms.